The highest BCUT2D eigenvalue weighted by Crippen LogP contribution is 2.36. The molecule has 1 aromatic heterocycles. The largest absolute Gasteiger partial charge is 0.573 e. The van der Waals surface area contributed by atoms with Gasteiger partial charge < -0.3 is 9.47 Å². The smallest absolute Gasteiger partial charge is 0.491 e. The van der Waals surface area contributed by atoms with Crippen molar-refractivity contribution >= 4 is 16.8 Å². The average Bonchev–Trinajstić information content (AvgIpc) is 2.18. The van der Waals surface area contributed by atoms with Crippen LogP contribution in [0.1, 0.15) is 16.1 Å². The summed E-state index contributed by atoms with van der Waals surface area (Å²) in [5, 5.41) is -0.975. The monoisotopic (exact) mass is 269 g/mol. The summed E-state index contributed by atoms with van der Waals surface area (Å²) in [7, 11) is 1.15. The van der Waals surface area contributed by atoms with Crippen molar-refractivity contribution in [3.05, 3.63) is 17.5 Å². The van der Waals surface area contributed by atoms with Gasteiger partial charge in [-0.1, -0.05) is 0 Å². The molecule has 1 aromatic rings. The quantitative estimate of drug-likeness (QED) is 0.792. The second-order valence-electron chi connectivity index (χ2n) is 2.95. The fourth-order valence-corrected chi connectivity index (χ4v) is 1.35. The number of alkyl halides is 3. The molecule has 17 heavy (non-hydrogen) atoms. The van der Waals surface area contributed by atoms with Crippen molar-refractivity contribution in [2.75, 3.05) is 7.11 Å². The van der Waals surface area contributed by atoms with Crippen molar-refractivity contribution in [1.82, 2.24) is 4.98 Å². The van der Waals surface area contributed by atoms with E-state index in [2.05, 4.69) is 14.5 Å². The second-order valence-corrected chi connectivity index (χ2v) is 3.29. The minimum absolute atomic E-state index is 0.137. The molecule has 1 heterocycles. The molecule has 0 unspecified atom stereocenters. The number of rotatable bonds is 3. The summed E-state index contributed by atoms with van der Waals surface area (Å²) in [6, 6.07) is 0. The summed E-state index contributed by atoms with van der Waals surface area (Å²) in [5.41, 5.74) is -0.451. The van der Waals surface area contributed by atoms with Crippen LogP contribution in [-0.2, 0) is 0 Å². The van der Waals surface area contributed by atoms with Crippen LogP contribution in [0.15, 0.2) is 6.20 Å². The molecule has 0 fully saturated rings. The molecule has 4 nitrogen and oxygen atoms in total. The second kappa shape index (κ2) is 4.79. The summed E-state index contributed by atoms with van der Waals surface area (Å²) in [4.78, 5) is 14.5. The Morgan fingerprint density at radius 2 is 2.06 bits per heavy atom. The molecule has 0 amide bonds. The van der Waals surface area contributed by atoms with Gasteiger partial charge in [0.25, 0.3) is 5.24 Å². The van der Waals surface area contributed by atoms with E-state index in [0.29, 0.717) is 0 Å². The number of ether oxygens (including phenoxy) is 2. The van der Waals surface area contributed by atoms with Crippen LogP contribution in [0.3, 0.4) is 0 Å². The first-order valence-corrected chi connectivity index (χ1v) is 4.63. The number of aromatic nitrogens is 1. The Labute approximate surface area is 99.3 Å². The fourth-order valence-electron chi connectivity index (χ4n) is 1.16. The number of hydrogen-bond acceptors (Lipinski definition) is 4. The number of halogens is 4. The van der Waals surface area contributed by atoms with Crippen molar-refractivity contribution in [1.29, 1.82) is 0 Å². The van der Waals surface area contributed by atoms with Gasteiger partial charge in [-0.3, -0.25) is 4.79 Å². The van der Waals surface area contributed by atoms with Crippen LogP contribution in [0.25, 0.3) is 0 Å². The molecule has 0 bridgehead atoms. The molecule has 94 valence electrons. The zero-order valence-corrected chi connectivity index (χ0v) is 9.52. The van der Waals surface area contributed by atoms with Gasteiger partial charge in [-0.05, 0) is 18.5 Å². The third-order valence-corrected chi connectivity index (χ3v) is 2.03. The molecule has 0 saturated carbocycles. The van der Waals surface area contributed by atoms with Gasteiger partial charge in [0, 0.05) is 5.56 Å². The lowest BCUT2D eigenvalue weighted by atomic mass is 10.2. The molecule has 1 rings (SSSR count). The maximum atomic E-state index is 12.2. The topological polar surface area (TPSA) is 48.4 Å². The summed E-state index contributed by atoms with van der Waals surface area (Å²) < 4.78 is 44.9. The van der Waals surface area contributed by atoms with E-state index in [9.17, 15) is 18.0 Å². The van der Waals surface area contributed by atoms with Crippen LogP contribution < -0.4 is 9.47 Å². The van der Waals surface area contributed by atoms with Gasteiger partial charge in [0.1, 0.15) is 5.69 Å². The van der Waals surface area contributed by atoms with Crippen molar-refractivity contribution in [2.24, 2.45) is 0 Å². The van der Waals surface area contributed by atoms with Gasteiger partial charge >= 0.3 is 6.36 Å². The molecule has 0 aliphatic heterocycles. The number of carbonyl (C=O) groups is 1. The van der Waals surface area contributed by atoms with Crippen LogP contribution in [0.2, 0.25) is 0 Å². The molecule has 0 spiro atoms. The van der Waals surface area contributed by atoms with Gasteiger partial charge in [-0.2, -0.15) is 0 Å². The van der Waals surface area contributed by atoms with Gasteiger partial charge in [-0.25, -0.2) is 4.98 Å². The number of carbonyl (C=O) groups excluding carboxylic acids is 1. The molecule has 8 heteroatoms. The van der Waals surface area contributed by atoms with Gasteiger partial charge in [0.15, 0.2) is 11.5 Å². The first kappa shape index (κ1) is 13.6. The van der Waals surface area contributed by atoms with E-state index in [0.717, 1.165) is 13.3 Å². The Balaban J connectivity index is 3.32. The van der Waals surface area contributed by atoms with E-state index in [1.807, 2.05) is 0 Å². The Kier molecular flexibility index (Phi) is 3.82. The Hall–Kier alpha value is -1.50. The molecule has 0 aliphatic carbocycles. The van der Waals surface area contributed by atoms with Crippen molar-refractivity contribution in [3.8, 4) is 11.5 Å². The molecule has 0 aromatic carbocycles. The maximum absolute atomic E-state index is 12.2. The Morgan fingerprint density at radius 3 is 2.47 bits per heavy atom. The van der Waals surface area contributed by atoms with Crippen LogP contribution in [-0.4, -0.2) is 23.7 Å². The van der Waals surface area contributed by atoms with E-state index in [4.69, 9.17) is 11.6 Å². The minimum Gasteiger partial charge on any atom is -0.491 e. The van der Waals surface area contributed by atoms with Crippen LogP contribution in [0.4, 0.5) is 13.2 Å². The summed E-state index contributed by atoms with van der Waals surface area (Å²) in [6.07, 6.45) is -3.96. The van der Waals surface area contributed by atoms with E-state index in [1.54, 1.807) is 0 Å². The molecule has 0 saturated heterocycles. The van der Waals surface area contributed by atoms with Gasteiger partial charge in [-0.15, -0.1) is 13.2 Å². The lowest BCUT2D eigenvalue weighted by Crippen LogP contribution is -2.19. The van der Waals surface area contributed by atoms with E-state index >= 15 is 0 Å². The number of nitrogens with zero attached hydrogens (tertiary/aromatic N) is 1. The normalized spacial score (nSPS) is 11.2. The molecular formula is C9H7ClF3NO3. The highest BCUT2D eigenvalue weighted by atomic mass is 35.5. The Morgan fingerprint density at radius 1 is 1.47 bits per heavy atom. The first-order chi connectivity index (χ1) is 7.76. The summed E-state index contributed by atoms with van der Waals surface area (Å²) in [6.45, 7) is 1.23. The fraction of sp³-hybridized carbons (Fsp3) is 0.333. The first-order valence-electron chi connectivity index (χ1n) is 4.25. The predicted octanol–water partition coefficient (Wildman–Crippen LogP) is 2.68. The van der Waals surface area contributed by atoms with Crippen LogP contribution in [0, 0.1) is 6.92 Å². The zero-order valence-electron chi connectivity index (χ0n) is 8.76. The minimum atomic E-state index is -4.90. The lowest BCUT2D eigenvalue weighted by Gasteiger charge is -2.15. The summed E-state index contributed by atoms with van der Waals surface area (Å²) >= 11 is 5.17. The highest BCUT2D eigenvalue weighted by molar-refractivity contribution is 6.67. The molecular weight excluding hydrogens is 263 g/mol. The average molecular weight is 270 g/mol. The maximum Gasteiger partial charge on any atom is 0.573 e. The number of pyridine rings is 1. The molecule has 0 N–H and O–H groups in total. The standard InChI is InChI=1S/C9H7ClF3NO3/c1-4-6(8(10)15)14-3-5(16-2)7(4)17-9(11,12)13/h3H,1-2H3. The highest BCUT2D eigenvalue weighted by Gasteiger charge is 2.34. The van der Waals surface area contributed by atoms with Crippen LogP contribution in [0.5, 0.6) is 11.5 Å². The molecule has 0 radical (unpaired) electrons. The van der Waals surface area contributed by atoms with E-state index < -0.39 is 17.4 Å². The SMILES string of the molecule is COc1cnc(C(=O)Cl)c(C)c1OC(F)(F)F. The van der Waals surface area contributed by atoms with Crippen molar-refractivity contribution < 1.29 is 27.4 Å². The third kappa shape index (κ3) is 3.23. The van der Waals surface area contributed by atoms with Gasteiger partial charge in [0.05, 0.1) is 13.3 Å². The third-order valence-electron chi connectivity index (χ3n) is 1.85. The predicted molar refractivity (Wildman–Crippen MR) is 52.4 cm³/mol. The van der Waals surface area contributed by atoms with Crippen molar-refractivity contribution in [3.63, 3.8) is 0 Å². The summed E-state index contributed by atoms with van der Waals surface area (Å²) in [5.74, 6) is -0.861. The van der Waals surface area contributed by atoms with E-state index in [-0.39, 0.29) is 17.0 Å². The zero-order chi connectivity index (χ0) is 13.2. The number of methoxy groups -OCH3 is 1. The van der Waals surface area contributed by atoms with Crippen molar-refractivity contribution in [2.45, 2.75) is 13.3 Å². The molecule has 0 aliphatic rings. The molecule has 0 atom stereocenters. The van der Waals surface area contributed by atoms with E-state index in [1.165, 1.54) is 6.92 Å². The number of hydrogen-bond donors (Lipinski definition) is 0. The van der Waals surface area contributed by atoms with Crippen LogP contribution >= 0.6 is 11.6 Å². The Bertz CT molecular complexity index is 448. The van der Waals surface area contributed by atoms with Gasteiger partial charge in [0.2, 0.25) is 0 Å². The lowest BCUT2D eigenvalue weighted by molar-refractivity contribution is -0.275.